The molecule has 0 saturated carbocycles. The number of rotatable bonds is 5. The largest absolute Gasteiger partial charge is 0.484 e. The Morgan fingerprint density at radius 2 is 2.31 bits per heavy atom. The van der Waals surface area contributed by atoms with Crippen molar-refractivity contribution in [3.63, 3.8) is 0 Å². The zero-order chi connectivity index (χ0) is 12.0. The minimum atomic E-state index is -0.141. The summed E-state index contributed by atoms with van der Waals surface area (Å²) in [6.07, 6.45) is 0.803. The van der Waals surface area contributed by atoms with Gasteiger partial charge in [0.2, 0.25) is 0 Å². The Kier molecular flexibility index (Phi) is 4.79. The van der Waals surface area contributed by atoms with Gasteiger partial charge in [-0.1, -0.05) is 12.1 Å². The van der Waals surface area contributed by atoms with Gasteiger partial charge in [0, 0.05) is 13.1 Å². The number of amides is 1. The lowest BCUT2D eigenvalue weighted by Gasteiger charge is -2.08. The van der Waals surface area contributed by atoms with Gasteiger partial charge in [0.15, 0.2) is 6.61 Å². The van der Waals surface area contributed by atoms with Crippen LogP contribution in [0.25, 0.3) is 0 Å². The summed E-state index contributed by atoms with van der Waals surface area (Å²) < 4.78 is 5.33. The van der Waals surface area contributed by atoms with Gasteiger partial charge >= 0.3 is 0 Å². The second-order valence-electron chi connectivity index (χ2n) is 3.79. The second-order valence-corrected chi connectivity index (χ2v) is 3.79. The lowest BCUT2D eigenvalue weighted by molar-refractivity contribution is -0.122. The van der Waals surface area contributed by atoms with E-state index in [-0.39, 0.29) is 18.6 Å². The van der Waals surface area contributed by atoms with E-state index in [0.717, 1.165) is 12.0 Å². The molecule has 1 rings (SSSR count). The Labute approximate surface area is 95.8 Å². The van der Waals surface area contributed by atoms with Gasteiger partial charge in [-0.2, -0.15) is 0 Å². The van der Waals surface area contributed by atoms with Crippen LogP contribution in [0.1, 0.15) is 12.5 Å². The quantitative estimate of drug-likeness (QED) is 0.771. The molecule has 1 amide bonds. The molecule has 88 valence electrons. The summed E-state index contributed by atoms with van der Waals surface area (Å²) in [4.78, 5) is 11.0. The molecule has 16 heavy (non-hydrogen) atoms. The molecule has 0 radical (unpaired) electrons. The highest BCUT2D eigenvalue weighted by atomic mass is 16.5. The summed E-state index contributed by atoms with van der Waals surface area (Å²) in [5.74, 6) is 0.555. The molecule has 1 aromatic rings. The minimum Gasteiger partial charge on any atom is -0.484 e. The molecule has 1 atom stereocenters. The summed E-state index contributed by atoms with van der Waals surface area (Å²) in [6.45, 7) is 2.00. The van der Waals surface area contributed by atoms with Crippen molar-refractivity contribution in [3.8, 4) is 5.75 Å². The fourth-order valence-corrected chi connectivity index (χ4v) is 1.36. The Hall–Kier alpha value is -1.55. The lowest BCUT2D eigenvalue weighted by Crippen LogP contribution is -2.24. The first-order valence-corrected chi connectivity index (χ1v) is 5.29. The zero-order valence-corrected chi connectivity index (χ0v) is 9.69. The first-order valence-electron chi connectivity index (χ1n) is 5.29. The number of carbonyl (C=O) groups is 1. The molecule has 0 aliphatic carbocycles. The number of hydrogen-bond acceptors (Lipinski definition) is 3. The average molecular weight is 222 g/mol. The van der Waals surface area contributed by atoms with Crippen molar-refractivity contribution in [2.24, 2.45) is 5.73 Å². The second kappa shape index (κ2) is 6.12. The Morgan fingerprint density at radius 3 is 2.94 bits per heavy atom. The molecule has 0 aliphatic heterocycles. The predicted octanol–water partition coefficient (Wildman–Crippen LogP) is 0.701. The van der Waals surface area contributed by atoms with Crippen molar-refractivity contribution in [3.05, 3.63) is 29.8 Å². The maximum absolute atomic E-state index is 11.0. The summed E-state index contributed by atoms with van der Waals surface area (Å²) in [5, 5.41) is 2.50. The van der Waals surface area contributed by atoms with Crippen LogP contribution >= 0.6 is 0 Å². The van der Waals surface area contributed by atoms with Gasteiger partial charge < -0.3 is 15.8 Å². The van der Waals surface area contributed by atoms with Crippen LogP contribution in [0.4, 0.5) is 0 Å². The molecular formula is C12H18N2O2. The zero-order valence-electron chi connectivity index (χ0n) is 9.69. The van der Waals surface area contributed by atoms with E-state index >= 15 is 0 Å². The number of carbonyl (C=O) groups excluding carboxylic acids is 1. The highest BCUT2D eigenvalue weighted by Crippen LogP contribution is 2.14. The van der Waals surface area contributed by atoms with Crippen LogP contribution in [0, 0.1) is 0 Å². The SMILES string of the molecule is CNC(=O)COc1cccc(CC(C)N)c1. The third-order valence-corrected chi connectivity index (χ3v) is 2.10. The first kappa shape index (κ1) is 12.5. The van der Waals surface area contributed by atoms with Crippen molar-refractivity contribution in [1.29, 1.82) is 0 Å². The fraction of sp³-hybridized carbons (Fsp3) is 0.417. The molecule has 4 nitrogen and oxygen atoms in total. The van der Waals surface area contributed by atoms with Crippen LogP contribution in [0.15, 0.2) is 24.3 Å². The van der Waals surface area contributed by atoms with Crippen LogP contribution in [-0.4, -0.2) is 25.6 Å². The molecule has 0 spiro atoms. The maximum atomic E-state index is 11.0. The molecule has 0 saturated heterocycles. The van der Waals surface area contributed by atoms with Crippen molar-refractivity contribution < 1.29 is 9.53 Å². The number of ether oxygens (including phenoxy) is 1. The molecule has 0 fully saturated rings. The Bertz CT molecular complexity index is 351. The van der Waals surface area contributed by atoms with Crippen molar-refractivity contribution >= 4 is 5.91 Å². The predicted molar refractivity (Wildman–Crippen MR) is 63.4 cm³/mol. The summed E-state index contributed by atoms with van der Waals surface area (Å²) in [7, 11) is 1.58. The number of nitrogens with two attached hydrogens (primary N) is 1. The van der Waals surface area contributed by atoms with Crippen LogP contribution in [-0.2, 0) is 11.2 Å². The number of likely N-dealkylation sites (N-methyl/N-ethyl adjacent to an activating group) is 1. The van der Waals surface area contributed by atoms with E-state index in [0.29, 0.717) is 5.75 Å². The molecule has 0 aliphatic rings. The van der Waals surface area contributed by atoms with Crippen LogP contribution in [0.2, 0.25) is 0 Å². The normalized spacial score (nSPS) is 11.9. The monoisotopic (exact) mass is 222 g/mol. The molecule has 3 N–H and O–H groups in total. The van der Waals surface area contributed by atoms with Gasteiger partial charge in [0.05, 0.1) is 0 Å². The summed E-state index contributed by atoms with van der Waals surface area (Å²) >= 11 is 0. The van der Waals surface area contributed by atoms with Crippen molar-refractivity contribution in [2.75, 3.05) is 13.7 Å². The molecule has 0 bridgehead atoms. The molecule has 0 aromatic heterocycles. The average Bonchev–Trinajstić information content (AvgIpc) is 2.25. The topological polar surface area (TPSA) is 64.3 Å². The molecule has 4 heteroatoms. The highest BCUT2D eigenvalue weighted by molar-refractivity contribution is 5.77. The van der Waals surface area contributed by atoms with Crippen LogP contribution in [0.5, 0.6) is 5.75 Å². The van der Waals surface area contributed by atoms with E-state index in [1.165, 1.54) is 0 Å². The third-order valence-electron chi connectivity index (χ3n) is 2.10. The Balaban J connectivity index is 2.56. The molecular weight excluding hydrogens is 204 g/mol. The number of nitrogens with one attached hydrogen (secondary N) is 1. The van der Waals surface area contributed by atoms with Crippen LogP contribution < -0.4 is 15.8 Å². The first-order chi connectivity index (χ1) is 7.61. The highest BCUT2D eigenvalue weighted by Gasteiger charge is 2.02. The smallest absolute Gasteiger partial charge is 0.257 e. The fourth-order valence-electron chi connectivity index (χ4n) is 1.36. The van der Waals surface area contributed by atoms with E-state index in [2.05, 4.69) is 5.32 Å². The molecule has 1 unspecified atom stereocenters. The van der Waals surface area contributed by atoms with Gasteiger partial charge in [-0.3, -0.25) is 4.79 Å². The molecule has 0 heterocycles. The standard InChI is InChI=1S/C12H18N2O2/c1-9(13)6-10-4-3-5-11(7-10)16-8-12(15)14-2/h3-5,7,9H,6,8,13H2,1-2H3,(H,14,15). The van der Waals surface area contributed by atoms with E-state index in [1.54, 1.807) is 7.05 Å². The minimum absolute atomic E-state index is 0.0398. The maximum Gasteiger partial charge on any atom is 0.257 e. The van der Waals surface area contributed by atoms with Gasteiger partial charge in [0.25, 0.3) is 5.91 Å². The number of benzene rings is 1. The molecule has 1 aromatic carbocycles. The van der Waals surface area contributed by atoms with Gasteiger partial charge in [-0.15, -0.1) is 0 Å². The van der Waals surface area contributed by atoms with Crippen molar-refractivity contribution in [1.82, 2.24) is 5.32 Å². The number of hydrogen-bond donors (Lipinski definition) is 2. The summed E-state index contributed by atoms with van der Waals surface area (Å²) in [6, 6.07) is 7.75. The van der Waals surface area contributed by atoms with E-state index in [4.69, 9.17) is 10.5 Å². The summed E-state index contributed by atoms with van der Waals surface area (Å²) in [5.41, 5.74) is 6.83. The third kappa shape index (κ3) is 4.31. The van der Waals surface area contributed by atoms with Crippen LogP contribution in [0.3, 0.4) is 0 Å². The van der Waals surface area contributed by atoms with E-state index in [9.17, 15) is 4.79 Å². The van der Waals surface area contributed by atoms with Crippen molar-refractivity contribution in [2.45, 2.75) is 19.4 Å². The lowest BCUT2D eigenvalue weighted by atomic mass is 10.1. The Morgan fingerprint density at radius 1 is 1.56 bits per heavy atom. The van der Waals surface area contributed by atoms with Gasteiger partial charge in [-0.05, 0) is 31.0 Å². The van der Waals surface area contributed by atoms with E-state index < -0.39 is 0 Å². The van der Waals surface area contributed by atoms with E-state index in [1.807, 2.05) is 31.2 Å². The van der Waals surface area contributed by atoms with Gasteiger partial charge in [-0.25, -0.2) is 0 Å². The van der Waals surface area contributed by atoms with Gasteiger partial charge in [0.1, 0.15) is 5.75 Å².